The molecule has 0 aliphatic carbocycles. The van der Waals surface area contributed by atoms with Crippen LogP contribution in [0.5, 0.6) is 0 Å². The number of fused-ring (bicyclic) bond motifs is 1. The molecular weight excluding hydrogens is 240 g/mol. The predicted octanol–water partition coefficient (Wildman–Crippen LogP) is 1.49. The lowest BCUT2D eigenvalue weighted by Gasteiger charge is -1.99. The minimum Gasteiger partial charge on any atom is -0.272 e. The van der Waals surface area contributed by atoms with Crippen molar-refractivity contribution in [1.82, 2.24) is 29.4 Å². The van der Waals surface area contributed by atoms with Crippen LogP contribution in [0.25, 0.3) is 17.0 Å². The maximum atomic E-state index is 5.80. The normalized spacial score (nSPS) is 11.2. The van der Waals surface area contributed by atoms with E-state index in [1.165, 1.54) is 0 Å². The zero-order valence-electron chi connectivity index (χ0n) is 9.29. The number of nitrogens with zero attached hydrogens (tertiary/aromatic N) is 6. The molecule has 0 fully saturated rings. The first-order valence-corrected chi connectivity index (χ1v) is 5.40. The van der Waals surface area contributed by atoms with E-state index in [0.29, 0.717) is 10.8 Å². The van der Waals surface area contributed by atoms with E-state index in [2.05, 4.69) is 20.3 Å². The Labute approximate surface area is 102 Å². The van der Waals surface area contributed by atoms with Gasteiger partial charge in [-0.3, -0.25) is 9.08 Å². The highest BCUT2D eigenvalue weighted by atomic mass is 35.5. The van der Waals surface area contributed by atoms with Crippen molar-refractivity contribution >= 4 is 17.2 Å². The molecule has 0 N–H and O–H groups in total. The van der Waals surface area contributed by atoms with Crippen molar-refractivity contribution in [3.05, 3.63) is 29.4 Å². The maximum Gasteiger partial charge on any atom is 0.173 e. The summed E-state index contributed by atoms with van der Waals surface area (Å²) in [5.41, 5.74) is 2.63. The second kappa shape index (κ2) is 3.53. The summed E-state index contributed by atoms with van der Waals surface area (Å²) in [6.45, 7) is 1.98. The smallest absolute Gasteiger partial charge is 0.173 e. The van der Waals surface area contributed by atoms with Crippen LogP contribution >= 0.6 is 11.6 Å². The molecule has 3 rings (SSSR count). The highest BCUT2D eigenvalue weighted by Crippen LogP contribution is 2.21. The summed E-state index contributed by atoms with van der Waals surface area (Å²) in [6.07, 6.45) is 3.37. The van der Waals surface area contributed by atoms with Crippen LogP contribution in [0.4, 0.5) is 0 Å². The van der Waals surface area contributed by atoms with Crippen molar-refractivity contribution in [2.75, 3.05) is 0 Å². The average Bonchev–Trinajstić information content (AvgIpc) is 2.84. The van der Waals surface area contributed by atoms with E-state index in [4.69, 9.17) is 11.6 Å². The van der Waals surface area contributed by atoms with Gasteiger partial charge in [0, 0.05) is 18.8 Å². The molecule has 0 spiro atoms. The van der Waals surface area contributed by atoms with Crippen LogP contribution in [0.3, 0.4) is 0 Å². The number of hydrogen-bond donors (Lipinski definition) is 0. The second-order valence-corrected chi connectivity index (χ2v) is 4.12. The molecule has 0 saturated carbocycles. The van der Waals surface area contributed by atoms with Gasteiger partial charge in [0.1, 0.15) is 11.5 Å². The van der Waals surface area contributed by atoms with E-state index in [-0.39, 0.29) is 0 Å². The number of hydrogen-bond acceptors (Lipinski definition) is 4. The summed E-state index contributed by atoms with van der Waals surface area (Å²) < 4.78 is 3.58. The molecule has 7 heteroatoms. The van der Waals surface area contributed by atoms with Gasteiger partial charge in [-0.05, 0) is 6.92 Å². The topological polar surface area (TPSA) is 60.9 Å². The van der Waals surface area contributed by atoms with E-state index in [1.54, 1.807) is 27.7 Å². The lowest BCUT2D eigenvalue weighted by atomic mass is 10.2. The molecule has 0 atom stereocenters. The summed E-state index contributed by atoms with van der Waals surface area (Å²) in [7, 11) is 1.89. The molecule has 6 nitrogen and oxygen atoms in total. The van der Waals surface area contributed by atoms with Gasteiger partial charge in [0.05, 0.1) is 11.8 Å². The SMILES string of the molecule is Cc1c(-c2nnc3cc(Cl)ncn23)cnn1C. The molecule has 0 saturated heterocycles. The highest BCUT2D eigenvalue weighted by Gasteiger charge is 2.13. The van der Waals surface area contributed by atoms with Crippen molar-refractivity contribution in [3.8, 4) is 11.4 Å². The Hall–Kier alpha value is -1.95. The van der Waals surface area contributed by atoms with Crippen molar-refractivity contribution in [2.45, 2.75) is 6.92 Å². The number of halogens is 1. The van der Waals surface area contributed by atoms with Crippen LogP contribution in [0.15, 0.2) is 18.6 Å². The molecule has 0 aliphatic heterocycles. The minimum absolute atomic E-state index is 0.402. The largest absolute Gasteiger partial charge is 0.272 e. The van der Waals surface area contributed by atoms with E-state index in [9.17, 15) is 0 Å². The van der Waals surface area contributed by atoms with E-state index in [1.807, 2.05) is 14.0 Å². The molecule has 3 aromatic rings. The van der Waals surface area contributed by atoms with Crippen LogP contribution in [0.1, 0.15) is 5.69 Å². The quantitative estimate of drug-likeness (QED) is 0.612. The fourth-order valence-corrected chi connectivity index (χ4v) is 1.82. The Balaban J connectivity index is 2.28. The van der Waals surface area contributed by atoms with Crippen molar-refractivity contribution in [3.63, 3.8) is 0 Å². The Morgan fingerprint density at radius 2 is 2.12 bits per heavy atom. The molecule has 3 aromatic heterocycles. The second-order valence-electron chi connectivity index (χ2n) is 3.73. The Morgan fingerprint density at radius 1 is 1.29 bits per heavy atom. The zero-order chi connectivity index (χ0) is 12.0. The summed E-state index contributed by atoms with van der Waals surface area (Å²) >= 11 is 5.80. The van der Waals surface area contributed by atoms with Crippen LogP contribution in [-0.2, 0) is 7.05 Å². The van der Waals surface area contributed by atoms with Gasteiger partial charge in [0.25, 0.3) is 0 Å². The van der Waals surface area contributed by atoms with Gasteiger partial charge in [-0.1, -0.05) is 11.6 Å². The molecule has 0 radical (unpaired) electrons. The van der Waals surface area contributed by atoms with Crippen LogP contribution < -0.4 is 0 Å². The van der Waals surface area contributed by atoms with E-state index >= 15 is 0 Å². The summed E-state index contributed by atoms with van der Waals surface area (Å²) in [5, 5.41) is 12.8. The van der Waals surface area contributed by atoms with Gasteiger partial charge in [0.15, 0.2) is 11.5 Å². The molecular formula is C10H9ClN6. The first-order valence-electron chi connectivity index (χ1n) is 5.02. The number of aromatic nitrogens is 6. The standard InChI is InChI=1S/C10H9ClN6/c1-6-7(4-13-16(6)2)10-15-14-9-3-8(11)12-5-17(9)10/h3-5H,1-2H3. The number of rotatable bonds is 1. The Kier molecular flexibility index (Phi) is 2.12. The van der Waals surface area contributed by atoms with Gasteiger partial charge in [-0.15, -0.1) is 10.2 Å². The first kappa shape index (κ1) is 10.2. The van der Waals surface area contributed by atoms with Crippen LogP contribution in [0.2, 0.25) is 5.15 Å². The molecule has 3 heterocycles. The van der Waals surface area contributed by atoms with Gasteiger partial charge in [0.2, 0.25) is 0 Å². The average molecular weight is 249 g/mol. The lowest BCUT2D eigenvalue weighted by molar-refractivity contribution is 0.740. The maximum absolute atomic E-state index is 5.80. The fourth-order valence-electron chi connectivity index (χ4n) is 1.67. The third-order valence-corrected chi connectivity index (χ3v) is 2.95. The van der Waals surface area contributed by atoms with Crippen LogP contribution in [-0.4, -0.2) is 29.4 Å². The summed E-state index contributed by atoms with van der Waals surface area (Å²) in [5.74, 6) is 0.717. The third-order valence-electron chi connectivity index (χ3n) is 2.74. The summed E-state index contributed by atoms with van der Waals surface area (Å²) in [6, 6.07) is 1.67. The van der Waals surface area contributed by atoms with Crippen molar-refractivity contribution in [1.29, 1.82) is 0 Å². The Bertz CT molecular complexity index is 698. The molecule has 0 bridgehead atoms. The van der Waals surface area contributed by atoms with Gasteiger partial charge >= 0.3 is 0 Å². The molecule has 0 unspecified atom stereocenters. The van der Waals surface area contributed by atoms with Crippen molar-refractivity contribution < 1.29 is 0 Å². The van der Waals surface area contributed by atoms with Gasteiger partial charge < -0.3 is 0 Å². The van der Waals surface area contributed by atoms with Gasteiger partial charge in [-0.2, -0.15) is 5.10 Å². The molecule has 0 aliphatic rings. The van der Waals surface area contributed by atoms with E-state index in [0.717, 1.165) is 17.1 Å². The Morgan fingerprint density at radius 3 is 2.82 bits per heavy atom. The highest BCUT2D eigenvalue weighted by molar-refractivity contribution is 6.29. The van der Waals surface area contributed by atoms with E-state index < -0.39 is 0 Å². The summed E-state index contributed by atoms with van der Waals surface area (Å²) in [4.78, 5) is 4.02. The van der Waals surface area contributed by atoms with Crippen LogP contribution in [0, 0.1) is 6.92 Å². The molecule has 86 valence electrons. The third kappa shape index (κ3) is 1.49. The number of aryl methyl sites for hydroxylation is 1. The fraction of sp³-hybridized carbons (Fsp3) is 0.200. The lowest BCUT2D eigenvalue weighted by Crippen LogP contribution is -1.95. The minimum atomic E-state index is 0.402. The monoisotopic (exact) mass is 248 g/mol. The predicted molar refractivity (Wildman–Crippen MR) is 62.7 cm³/mol. The molecule has 0 aromatic carbocycles. The first-order chi connectivity index (χ1) is 8.16. The van der Waals surface area contributed by atoms with Gasteiger partial charge in [-0.25, -0.2) is 4.98 Å². The molecule has 17 heavy (non-hydrogen) atoms. The van der Waals surface area contributed by atoms with Crippen molar-refractivity contribution in [2.24, 2.45) is 7.05 Å². The molecule has 0 amide bonds. The zero-order valence-corrected chi connectivity index (χ0v) is 10.0.